The van der Waals surface area contributed by atoms with Crippen molar-refractivity contribution in [3.8, 4) is 0 Å². The van der Waals surface area contributed by atoms with Gasteiger partial charge in [0, 0.05) is 32.3 Å². The highest BCUT2D eigenvalue weighted by molar-refractivity contribution is 7.80. The molecule has 1 unspecified atom stereocenters. The first-order valence-electron chi connectivity index (χ1n) is 7.95. The Morgan fingerprint density at radius 2 is 2.05 bits per heavy atom. The fraction of sp³-hybridized carbons (Fsp3) is 0.933. The van der Waals surface area contributed by atoms with Crippen molar-refractivity contribution in [2.75, 3.05) is 26.3 Å². The van der Waals surface area contributed by atoms with E-state index in [1.54, 1.807) is 0 Å². The van der Waals surface area contributed by atoms with Gasteiger partial charge in [0.25, 0.3) is 0 Å². The van der Waals surface area contributed by atoms with Crippen LogP contribution in [0.15, 0.2) is 0 Å². The summed E-state index contributed by atoms with van der Waals surface area (Å²) in [7, 11) is 0. The van der Waals surface area contributed by atoms with E-state index in [4.69, 9.17) is 17.0 Å². The Morgan fingerprint density at radius 1 is 1.26 bits per heavy atom. The van der Waals surface area contributed by atoms with E-state index in [0.717, 1.165) is 49.8 Å². The lowest BCUT2D eigenvalue weighted by Gasteiger charge is -2.31. The molecule has 1 heterocycles. The Bertz CT molecular complexity index is 279. The summed E-state index contributed by atoms with van der Waals surface area (Å²) in [4.78, 5) is 2.46. The summed E-state index contributed by atoms with van der Waals surface area (Å²) in [5.41, 5.74) is 0. The van der Waals surface area contributed by atoms with Gasteiger partial charge in [0.05, 0.1) is 0 Å². The molecule has 1 N–H and O–H groups in total. The molecule has 2 rings (SSSR count). The molecular formula is C15H28N2OS. The van der Waals surface area contributed by atoms with E-state index in [9.17, 15) is 0 Å². The third kappa shape index (κ3) is 4.32. The molecule has 2 fully saturated rings. The molecule has 4 heteroatoms. The maximum atomic E-state index is 5.58. The van der Waals surface area contributed by atoms with Gasteiger partial charge in [-0.25, -0.2) is 0 Å². The summed E-state index contributed by atoms with van der Waals surface area (Å²) in [5, 5.41) is 4.39. The van der Waals surface area contributed by atoms with Crippen LogP contribution in [0.3, 0.4) is 0 Å². The first-order valence-corrected chi connectivity index (χ1v) is 8.36. The van der Waals surface area contributed by atoms with Crippen LogP contribution in [0.2, 0.25) is 0 Å². The maximum absolute atomic E-state index is 5.58. The minimum atomic E-state index is 0.717. The zero-order valence-electron chi connectivity index (χ0n) is 12.2. The zero-order valence-corrected chi connectivity index (χ0v) is 13.0. The number of nitrogens with one attached hydrogen (secondary N) is 1. The fourth-order valence-corrected chi connectivity index (χ4v) is 3.82. The van der Waals surface area contributed by atoms with Crippen molar-refractivity contribution in [2.45, 2.75) is 57.9 Å². The fourth-order valence-electron chi connectivity index (χ4n) is 3.49. The van der Waals surface area contributed by atoms with Gasteiger partial charge in [-0.3, -0.25) is 0 Å². The van der Waals surface area contributed by atoms with E-state index in [2.05, 4.69) is 10.2 Å². The Labute approximate surface area is 123 Å². The minimum Gasteiger partial charge on any atom is -0.382 e. The van der Waals surface area contributed by atoms with Gasteiger partial charge in [-0.2, -0.15) is 0 Å². The normalized spacial score (nSPS) is 24.1. The number of hydrogen-bond acceptors (Lipinski definition) is 2. The molecule has 110 valence electrons. The molecule has 0 radical (unpaired) electrons. The number of thiocarbonyl (C=S) groups is 1. The van der Waals surface area contributed by atoms with E-state index in [0.29, 0.717) is 0 Å². The second-order valence-electron chi connectivity index (χ2n) is 5.73. The van der Waals surface area contributed by atoms with Crippen molar-refractivity contribution >= 4 is 17.3 Å². The van der Waals surface area contributed by atoms with Gasteiger partial charge in [-0.15, -0.1) is 0 Å². The predicted molar refractivity (Wildman–Crippen MR) is 83.4 cm³/mol. The summed E-state index contributed by atoms with van der Waals surface area (Å²) < 4.78 is 5.35. The van der Waals surface area contributed by atoms with Crippen LogP contribution in [0.5, 0.6) is 0 Å². The van der Waals surface area contributed by atoms with Gasteiger partial charge in [-0.05, 0) is 57.2 Å². The lowest BCUT2D eigenvalue weighted by molar-refractivity contribution is 0.145. The van der Waals surface area contributed by atoms with Crippen LogP contribution < -0.4 is 5.32 Å². The van der Waals surface area contributed by atoms with E-state index in [1.165, 1.54) is 38.5 Å². The zero-order chi connectivity index (χ0) is 13.5. The van der Waals surface area contributed by atoms with Gasteiger partial charge < -0.3 is 15.0 Å². The lowest BCUT2D eigenvalue weighted by Crippen LogP contribution is -2.45. The number of likely N-dealkylation sites (tertiary alicyclic amines) is 1. The Balaban J connectivity index is 1.71. The molecule has 1 aliphatic carbocycles. The molecule has 1 aliphatic heterocycles. The molecule has 19 heavy (non-hydrogen) atoms. The van der Waals surface area contributed by atoms with Crippen LogP contribution >= 0.6 is 12.2 Å². The van der Waals surface area contributed by atoms with Crippen molar-refractivity contribution < 1.29 is 4.74 Å². The van der Waals surface area contributed by atoms with Gasteiger partial charge in [0.15, 0.2) is 5.11 Å². The van der Waals surface area contributed by atoms with Gasteiger partial charge >= 0.3 is 0 Å². The highest BCUT2D eigenvalue weighted by Gasteiger charge is 2.34. The van der Waals surface area contributed by atoms with Crippen molar-refractivity contribution in [3.05, 3.63) is 0 Å². The first kappa shape index (κ1) is 15.0. The second-order valence-corrected chi connectivity index (χ2v) is 6.12. The highest BCUT2D eigenvalue weighted by Crippen LogP contribution is 2.35. The second kappa shape index (κ2) is 8.05. The van der Waals surface area contributed by atoms with Crippen LogP contribution in [-0.2, 0) is 4.74 Å². The maximum Gasteiger partial charge on any atom is 0.169 e. The predicted octanol–water partition coefficient (Wildman–Crippen LogP) is 2.94. The summed E-state index contributed by atoms with van der Waals surface area (Å²) >= 11 is 5.58. The SMILES string of the molecule is CCOCCCNC(=S)N1CCCC1C1CCCC1. The Kier molecular flexibility index (Phi) is 6.38. The Morgan fingerprint density at radius 3 is 2.79 bits per heavy atom. The third-order valence-electron chi connectivity index (χ3n) is 4.45. The highest BCUT2D eigenvalue weighted by atomic mass is 32.1. The molecule has 1 saturated heterocycles. The first-order chi connectivity index (χ1) is 9.33. The van der Waals surface area contributed by atoms with E-state index in [-0.39, 0.29) is 0 Å². The molecule has 0 amide bonds. The molecule has 0 bridgehead atoms. The summed E-state index contributed by atoms with van der Waals surface area (Å²) in [5.74, 6) is 0.894. The van der Waals surface area contributed by atoms with Crippen LogP contribution in [-0.4, -0.2) is 42.4 Å². The van der Waals surface area contributed by atoms with E-state index in [1.807, 2.05) is 6.92 Å². The van der Waals surface area contributed by atoms with Gasteiger partial charge in [-0.1, -0.05) is 12.8 Å². The number of hydrogen-bond donors (Lipinski definition) is 1. The standard InChI is InChI=1S/C15H28N2OS/c1-2-18-12-6-10-16-15(19)17-11-5-9-14(17)13-7-3-4-8-13/h13-14H,2-12H2,1H3,(H,16,19). The largest absolute Gasteiger partial charge is 0.382 e. The van der Waals surface area contributed by atoms with Gasteiger partial charge in [0.1, 0.15) is 0 Å². The average Bonchev–Trinajstić information content (AvgIpc) is 3.08. The molecule has 0 aromatic carbocycles. The summed E-state index contributed by atoms with van der Waals surface area (Å²) in [6, 6.07) is 0.717. The molecule has 3 nitrogen and oxygen atoms in total. The lowest BCUT2D eigenvalue weighted by atomic mass is 9.96. The smallest absolute Gasteiger partial charge is 0.169 e. The van der Waals surface area contributed by atoms with Crippen LogP contribution in [0.25, 0.3) is 0 Å². The Hall–Kier alpha value is -0.350. The van der Waals surface area contributed by atoms with Gasteiger partial charge in [0.2, 0.25) is 0 Å². The van der Waals surface area contributed by atoms with E-state index < -0.39 is 0 Å². The van der Waals surface area contributed by atoms with Crippen LogP contribution in [0.4, 0.5) is 0 Å². The number of rotatable bonds is 6. The summed E-state index contributed by atoms with van der Waals surface area (Å²) in [6.45, 7) is 5.76. The topological polar surface area (TPSA) is 24.5 Å². The third-order valence-corrected chi connectivity index (χ3v) is 4.83. The van der Waals surface area contributed by atoms with Crippen molar-refractivity contribution in [2.24, 2.45) is 5.92 Å². The number of nitrogens with zero attached hydrogens (tertiary/aromatic N) is 1. The van der Waals surface area contributed by atoms with Crippen LogP contribution in [0.1, 0.15) is 51.9 Å². The minimum absolute atomic E-state index is 0.717. The van der Waals surface area contributed by atoms with Crippen LogP contribution in [0, 0.1) is 5.92 Å². The van der Waals surface area contributed by atoms with E-state index >= 15 is 0 Å². The molecule has 1 saturated carbocycles. The molecule has 0 spiro atoms. The average molecular weight is 284 g/mol. The van der Waals surface area contributed by atoms with Crippen molar-refractivity contribution in [1.82, 2.24) is 10.2 Å². The monoisotopic (exact) mass is 284 g/mol. The molecule has 1 atom stereocenters. The quantitative estimate of drug-likeness (QED) is 0.599. The summed E-state index contributed by atoms with van der Waals surface area (Å²) in [6.07, 6.45) is 9.35. The van der Waals surface area contributed by atoms with Crippen molar-refractivity contribution in [3.63, 3.8) is 0 Å². The molecule has 0 aromatic rings. The molecular weight excluding hydrogens is 256 g/mol. The van der Waals surface area contributed by atoms with Crippen molar-refractivity contribution in [1.29, 1.82) is 0 Å². The molecule has 2 aliphatic rings. The molecule has 0 aromatic heterocycles. The number of ether oxygens (including phenoxy) is 1.